The van der Waals surface area contributed by atoms with E-state index in [1.54, 1.807) is 46.2 Å². The lowest BCUT2D eigenvalue weighted by Crippen LogP contribution is -2.49. The zero-order chi connectivity index (χ0) is 42.0. The van der Waals surface area contributed by atoms with Gasteiger partial charge in [-0.05, 0) is 72.5 Å². The van der Waals surface area contributed by atoms with E-state index in [2.05, 4.69) is 44.4 Å². The molecule has 0 unspecified atom stereocenters. The van der Waals surface area contributed by atoms with Crippen molar-refractivity contribution in [1.29, 1.82) is 0 Å². The van der Waals surface area contributed by atoms with Crippen LogP contribution in [-0.4, -0.2) is 82.1 Å². The topological polar surface area (TPSA) is 180 Å². The number of unbranched alkanes of at least 4 members (excludes halogenated alkanes) is 6. The first-order valence-corrected chi connectivity index (χ1v) is 21.4. The molecular formula is C47H56N8O5. The van der Waals surface area contributed by atoms with Crippen molar-refractivity contribution in [3.8, 4) is 0 Å². The summed E-state index contributed by atoms with van der Waals surface area (Å²) in [7, 11) is 0. The SMILES string of the molecule is CCCCCC[C@@H]1[C@H](O)[C@@H](O)[C@@H](CCCCCC)N(Cc2cccc(C(=O)Nc3nc4ccccc4[nH]3)c2)C(=O)N1Cc1cccc(C(=O)Nc2nc3ccccc3[nH]2)c1. The second-order valence-electron chi connectivity index (χ2n) is 15.9. The van der Waals surface area contributed by atoms with Crippen LogP contribution in [0.4, 0.5) is 16.7 Å². The molecule has 0 saturated carbocycles. The third kappa shape index (κ3) is 10.0. The minimum Gasteiger partial charge on any atom is -0.388 e. The van der Waals surface area contributed by atoms with Crippen molar-refractivity contribution >= 4 is 51.8 Å². The second kappa shape index (κ2) is 19.8. The molecule has 13 nitrogen and oxygen atoms in total. The van der Waals surface area contributed by atoms with Crippen LogP contribution in [0.3, 0.4) is 0 Å². The van der Waals surface area contributed by atoms with Gasteiger partial charge in [0.1, 0.15) is 12.2 Å². The average Bonchev–Trinajstić information content (AvgIpc) is 3.86. The van der Waals surface area contributed by atoms with Gasteiger partial charge in [0.05, 0.1) is 34.2 Å². The molecule has 4 atom stereocenters. The molecule has 6 aromatic rings. The minimum absolute atomic E-state index is 0.103. The lowest BCUT2D eigenvalue weighted by molar-refractivity contribution is -0.0450. The Balaban J connectivity index is 1.17. The highest BCUT2D eigenvalue weighted by Crippen LogP contribution is 2.32. The molecule has 3 heterocycles. The summed E-state index contributed by atoms with van der Waals surface area (Å²) >= 11 is 0. The fourth-order valence-electron chi connectivity index (χ4n) is 8.25. The average molecular weight is 813 g/mol. The molecule has 0 spiro atoms. The van der Waals surface area contributed by atoms with Crippen molar-refractivity contribution in [3.63, 3.8) is 0 Å². The van der Waals surface area contributed by atoms with Gasteiger partial charge in [-0.1, -0.05) is 114 Å². The Labute approximate surface area is 350 Å². The van der Waals surface area contributed by atoms with E-state index in [-0.39, 0.29) is 30.9 Å². The van der Waals surface area contributed by atoms with Gasteiger partial charge in [0.25, 0.3) is 11.8 Å². The van der Waals surface area contributed by atoms with Crippen LogP contribution in [0, 0.1) is 0 Å². The van der Waals surface area contributed by atoms with Gasteiger partial charge in [-0.3, -0.25) is 20.2 Å². The highest BCUT2D eigenvalue weighted by molar-refractivity contribution is 6.04. The molecule has 4 amide bonds. The van der Waals surface area contributed by atoms with Crippen molar-refractivity contribution < 1.29 is 24.6 Å². The number of hydrogen-bond acceptors (Lipinski definition) is 7. The number of carbonyl (C=O) groups is 3. The number of aliphatic hydroxyl groups excluding tert-OH is 2. The van der Waals surface area contributed by atoms with Crippen LogP contribution in [0.5, 0.6) is 0 Å². The number of imidazole rings is 2. The van der Waals surface area contributed by atoms with E-state index < -0.39 is 24.3 Å². The van der Waals surface area contributed by atoms with E-state index >= 15 is 4.79 Å². The smallest absolute Gasteiger partial charge is 0.321 e. The van der Waals surface area contributed by atoms with E-state index in [4.69, 9.17) is 0 Å². The first-order valence-electron chi connectivity index (χ1n) is 21.4. The van der Waals surface area contributed by atoms with E-state index in [0.717, 1.165) is 73.4 Å². The number of para-hydroxylation sites is 4. The van der Waals surface area contributed by atoms with E-state index in [0.29, 0.717) is 47.0 Å². The van der Waals surface area contributed by atoms with Gasteiger partial charge in [-0.15, -0.1) is 0 Å². The first kappa shape index (κ1) is 42.1. The lowest BCUT2D eigenvalue weighted by Gasteiger charge is -2.36. The Morgan fingerprint density at radius 1 is 0.600 bits per heavy atom. The molecule has 1 saturated heterocycles. The number of rotatable bonds is 18. The summed E-state index contributed by atoms with van der Waals surface area (Å²) < 4.78 is 0. The van der Waals surface area contributed by atoms with Gasteiger partial charge >= 0.3 is 6.03 Å². The highest BCUT2D eigenvalue weighted by Gasteiger charge is 2.46. The number of amides is 4. The maximum atomic E-state index is 15.2. The molecule has 1 aliphatic heterocycles. The number of H-pyrrole nitrogens is 2. The van der Waals surface area contributed by atoms with Gasteiger partial charge in [0.2, 0.25) is 11.9 Å². The molecule has 4 aromatic carbocycles. The number of aromatic amines is 2. The molecule has 60 heavy (non-hydrogen) atoms. The van der Waals surface area contributed by atoms with Gasteiger partial charge in [-0.25, -0.2) is 14.8 Å². The van der Waals surface area contributed by atoms with Gasteiger partial charge in [-0.2, -0.15) is 0 Å². The zero-order valence-corrected chi connectivity index (χ0v) is 34.4. The number of aliphatic hydroxyl groups is 2. The van der Waals surface area contributed by atoms with Crippen molar-refractivity contribution in [1.82, 2.24) is 29.7 Å². The fourth-order valence-corrected chi connectivity index (χ4v) is 8.25. The van der Waals surface area contributed by atoms with Crippen LogP contribution in [0.2, 0.25) is 0 Å². The number of benzene rings is 4. The first-order chi connectivity index (χ1) is 29.2. The Morgan fingerprint density at radius 3 is 1.45 bits per heavy atom. The van der Waals surface area contributed by atoms with Crippen LogP contribution in [-0.2, 0) is 13.1 Å². The van der Waals surface area contributed by atoms with Crippen molar-refractivity contribution in [3.05, 3.63) is 119 Å². The summed E-state index contributed by atoms with van der Waals surface area (Å²) in [5.74, 6) is -0.0594. The van der Waals surface area contributed by atoms with Crippen LogP contribution in [0.25, 0.3) is 22.1 Å². The number of hydrogen-bond donors (Lipinski definition) is 6. The minimum atomic E-state index is -1.21. The highest BCUT2D eigenvalue weighted by atomic mass is 16.3. The predicted octanol–water partition coefficient (Wildman–Crippen LogP) is 8.78. The molecule has 7 rings (SSSR count). The molecule has 1 aliphatic rings. The van der Waals surface area contributed by atoms with Crippen molar-refractivity contribution in [2.75, 3.05) is 10.6 Å². The monoisotopic (exact) mass is 812 g/mol. The zero-order valence-electron chi connectivity index (χ0n) is 34.4. The quantitative estimate of drug-likeness (QED) is 0.0470. The van der Waals surface area contributed by atoms with E-state index in [9.17, 15) is 19.8 Å². The number of nitrogens with zero attached hydrogens (tertiary/aromatic N) is 4. The van der Waals surface area contributed by atoms with Crippen LogP contribution < -0.4 is 10.6 Å². The van der Waals surface area contributed by atoms with Crippen molar-refractivity contribution in [2.24, 2.45) is 0 Å². The normalized spacial score (nSPS) is 18.2. The Morgan fingerprint density at radius 2 is 1.03 bits per heavy atom. The number of anilines is 2. The van der Waals surface area contributed by atoms with E-state index in [1.807, 2.05) is 60.7 Å². The Kier molecular flexibility index (Phi) is 13.9. The molecule has 13 heteroatoms. The third-order valence-corrected chi connectivity index (χ3v) is 11.5. The van der Waals surface area contributed by atoms with Crippen molar-refractivity contribution in [2.45, 2.75) is 115 Å². The van der Waals surface area contributed by atoms with E-state index in [1.165, 1.54) is 0 Å². The Bertz CT molecular complexity index is 2160. The molecule has 6 N–H and O–H groups in total. The van der Waals surface area contributed by atoms with Crippen LogP contribution in [0.1, 0.15) is 110 Å². The van der Waals surface area contributed by atoms with Gasteiger partial charge in [0, 0.05) is 24.2 Å². The number of nitrogens with one attached hydrogen (secondary N) is 4. The summed E-state index contributed by atoms with van der Waals surface area (Å²) in [5.41, 5.74) is 5.25. The maximum absolute atomic E-state index is 15.2. The molecule has 0 radical (unpaired) electrons. The summed E-state index contributed by atoms with van der Waals surface area (Å²) in [6.45, 7) is 4.48. The predicted molar refractivity (Wildman–Crippen MR) is 235 cm³/mol. The van der Waals surface area contributed by atoms with Crippen LogP contribution in [0.15, 0.2) is 97.1 Å². The number of aromatic nitrogens is 4. The molecule has 314 valence electrons. The largest absolute Gasteiger partial charge is 0.388 e. The molecule has 2 aromatic heterocycles. The van der Waals surface area contributed by atoms with Crippen LogP contribution >= 0.6 is 0 Å². The van der Waals surface area contributed by atoms with Gasteiger partial charge < -0.3 is 30.0 Å². The maximum Gasteiger partial charge on any atom is 0.321 e. The number of fused-ring (bicyclic) bond motifs is 2. The summed E-state index contributed by atoms with van der Waals surface area (Å²) in [6.07, 6.45) is 6.11. The number of urea groups is 1. The fraction of sp³-hybridized carbons (Fsp3) is 0.383. The molecular weight excluding hydrogens is 757 g/mol. The standard InChI is InChI=1S/C47H56N8O5/c1-3-5-7-9-25-39-41(56)42(57)40(26-10-8-6-4-2)55(30-32-18-16-20-34(28-32)44(59)53-46-50-37-23-13-14-24-38(37)51-46)47(60)54(39)29-31-17-15-19-33(27-31)43(58)52-45-48-35-21-11-12-22-36(35)49-45/h11-24,27-28,39-42,56-57H,3-10,25-26,29-30H2,1-2H3,(H2,48,49,52,58)(H2,50,51,53,59)/t39-,40-,41+,42+/m1/s1. The Hall–Kier alpha value is -6.05. The lowest BCUT2D eigenvalue weighted by atomic mass is 9.91. The third-order valence-electron chi connectivity index (χ3n) is 11.5. The number of carbonyl (C=O) groups excluding carboxylic acids is 3. The second-order valence-corrected chi connectivity index (χ2v) is 15.9. The summed E-state index contributed by atoms with van der Waals surface area (Å²) in [4.78, 5) is 60.8. The molecule has 0 aliphatic carbocycles. The van der Waals surface area contributed by atoms with Gasteiger partial charge in [0.15, 0.2) is 0 Å². The molecule has 1 fully saturated rings. The summed E-state index contributed by atoms with van der Waals surface area (Å²) in [5, 5.41) is 29.8. The summed E-state index contributed by atoms with van der Waals surface area (Å²) in [6, 6.07) is 27.6. The molecule has 0 bridgehead atoms.